The minimum atomic E-state index is -0.556. The summed E-state index contributed by atoms with van der Waals surface area (Å²) in [6.45, 7) is 5.91. The first-order valence-corrected chi connectivity index (χ1v) is 10.3. The number of para-hydroxylation sites is 1. The molecule has 4 rings (SSSR count). The number of aryl methyl sites for hydroxylation is 2. The highest BCUT2D eigenvalue weighted by molar-refractivity contribution is 5.81. The Morgan fingerprint density at radius 2 is 1.89 bits per heavy atom. The molecule has 4 heteroatoms. The third-order valence-electron chi connectivity index (χ3n) is 5.69. The standard InChI is InChI=1S/C24H29NO3/c1-16(27-19-13-12-17-8-4-5-9-18(17)14-19)23(26)25-21-15-24(2,3)28-22-11-7-6-10-20(21)22/h6-7,10-14,16,21H,4-5,8-9,15H2,1-3H3,(H,25,26)/t16-,21-/m0/s1. The lowest BCUT2D eigenvalue weighted by atomic mass is 9.89. The molecular formula is C24H29NO3. The zero-order valence-corrected chi connectivity index (χ0v) is 17.0. The van der Waals surface area contributed by atoms with Crippen molar-refractivity contribution in [3.05, 3.63) is 59.2 Å². The van der Waals surface area contributed by atoms with Gasteiger partial charge in [-0.1, -0.05) is 24.3 Å². The summed E-state index contributed by atoms with van der Waals surface area (Å²) in [5.74, 6) is 1.51. The van der Waals surface area contributed by atoms with Gasteiger partial charge in [0, 0.05) is 12.0 Å². The molecule has 0 spiro atoms. The van der Waals surface area contributed by atoms with Crippen molar-refractivity contribution in [2.75, 3.05) is 0 Å². The van der Waals surface area contributed by atoms with Gasteiger partial charge in [0.1, 0.15) is 17.1 Å². The number of hydrogen-bond donors (Lipinski definition) is 1. The number of nitrogens with one attached hydrogen (secondary N) is 1. The molecule has 2 aliphatic rings. The number of fused-ring (bicyclic) bond motifs is 2. The summed E-state index contributed by atoms with van der Waals surface area (Å²) in [5, 5.41) is 3.17. The van der Waals surface area contributed by atoms with Crippen molar-refractivity contribution in [1.29, 1.82) is 0 Å². The van der Waals surface area contributed by atoms with Gasteiger partial charge in [0.15, 0.2) is 6.10 Å². The normalized spacial score (nSPS) is 20.9. The predicted molar refractivity (Wildman–Crippen MR) is 110 cm³/mol. The first-order valence-electron chi connectivity index (χ1n) is 10.3. The third kappa shape index (κ3) is 4.01. The molecule has 2 aromatic rings. The quantitative estimate of drug-likeness (QED) is 0.834. The van der Waals surface area contributed by atoms with E-state index in [1.165, 1.54) is 24.0 Å². The first kappa shape index (κ1) is 18.9. The third-order valence-corrected chi connectivity index (χ3v) is 5.69. The fourth-order valence-corrected chi connectivity index (χ4v) is 4.26. The van der Waals surface area contributed by atoms with Crippen molar-refractivity contribution in [2.24, 2.45) is 0 Å². The molecule has 1 heterocycles. The van der Waals surface area contributed by atoms with Crippen molar-refractivity contribution in [2.45, 2.75) is 70.6 Å². The second kappa shape index (κ2) is 7.50. The van der Waals surface area contributed by atoms with Crippen LogP contribution in [0.2, 0.25) is 0 Å². The molecule has 1 aliphatic carbocycles. The van der Waals surface area contributed by atoms with Gasteiger partial charge in [-0.15, -0.1) is 0 Å². The van der Waals surface area contributed by atoms with Crippen LogP contribution < -0.4 is 14.8 Å². The molecule has 0 saturated heterocycles. The monoisotopic (exact) mass is 379 g/mol. The zero-order valence-electron chi connectivity index (χ0n) is 17.0. The first-order chi connectivity index (χ1) is 13.4. The van der Waals surface area contributed by atoms with Gasteiger partial charge < -0.3 is 14.8 Å². The van der Waals surface area contributed by atoms with Crippen molar-refractivity contribution >= 4 is 5.91 Å². The number of benzene rings is 2. The van der Waals surface area contributed by atoms with Crippen molar-refractivity contribution in [3.63, 3.8) is 0 Å². The molecule has 2 aromatic carbocycles. The maximum absolute atomic E-state index is 12.8. The number of rotatable bonds is 4. The van der Waals surface area contributed by atoms with Crippen molar-refractivity contribution in [3.8, 4) is 11.5 Å². The highest BCUT2D eigenvalue weighted by atomic mass is 16.5. The molecule has 1 aliphatic heterocycles. The lowest BCUT2D eigenvalue weighted by Crippen LogP contribution is -2.44. The fourth-order valence-electron chi connectivity index (χ4n) is 4.26. The van der Waals surface area contributed by atoms with Gasteiger partial charge in [-0.25, -0.2) is 0 Å². The van der Waals surface area contributed by atoms with Crippen LogP contribution in [-0.2, 0) is 17.6 Å². The van der Waals surface area contributed by atoms with Crippen LogP contribution in [-0.4, -0.2) is 17.6 Å². The lowest BCUT2D eigenvalue weighted by Gasteiger charge is -2.38. The van der Waals surface area contributed by atoms with E-state index in [1.54, 1.807) is 0 Å². The van der Waals surface area contributed by atoms with Crippen molar-refractivity contribution < 1.29 is 14.3 Å². The van der Waals surface area contributed by atoms with Crippen LogP contribution in [0.1, 0.15) is 62.8 Å². The molecule has 0 radical (unpaired) electrons. The van der Waals surface area contributed by atoms with Crippen molar-refractivity contribution in [1.82, 2.24) is 5.32 Å². The van der Waals surface area contributed by atoms with Crippen LogP contribution in [0, 0.1) is 0 Å². The largest absolute Gasteiger partial charge is 0.487 e. The van der Waals surface area contributed by atoms with E-state index in [2.05, 4.69) is 31.3 Å². The number of hydrogen-bond acceptors (Lipinski definition) is 3. The van der Waals surface area contributed by atoms with Gasteiger partial charge in [0.25, 0.3) is 5.91 Å². The lowest BCUT2D eigenvalue weighted by molar-refractivity contribution is -0.128. The maximum atomic E-state index is 12.8. The summed E-state index contributed by atoms with van der Waals surface area (Å²) < 4.78 is 12.0. The molecular weight excluding hydrogens is 350 g/mol. The summed E-state index contributed by atoms with van der Waals surface area (Å²) in [6, 6.07) is 14.1. The fraction of sp³-hybridized carbons (Fsp3) is 0.458. The second-order valence-corrected chi connectivity index (χ2v) is 8.56. The van der Waals surface area contributed by atoms with E-state index in [-0.39, 0.29) is 17.6 Å². The van der Waals surface area contributed by atoms with Gasteiger partial charge in [-0.05, 0) is 75.8 Å². The van der Waals surface area contributed by atoms with Gasteiger partial charge >= 0.3 is 0 Å². The summed E-state index contributed by atoms with van der Waals surface area (Å²) in [5.41, 5.74) is 3.47. The molecule has 1 N–H and O–H groups in total. The molecule has 0 fully saturated rings. The van der Waals surface area contributed by atoms with E-state index in [0.717, 1.165) is 36.3 Å². The molecule has 2 atom stereocenters. The van der Waals surface area contributed by atoms with Crippen LogP contribution in [0.3, 0.4) is 0 Å². The summed E-state index contributed by atoms with van der Waals surface area (Å²) >= 11 is 0. The number of ether oxygens (including phenoxy) is 2. The molecule has 148 valence electrons. The molecule has 0 unspecified atom stereocenters. The topological polar surface area (TPSA) is 47.6 Å². The van der Waals surface area contributed by atoms with Crippen LogP contribution in [0.25, 0.3) is 0 Å². The average Bonchev–Trinajstić information content (AvgIpc) is 2.67. The molecule has 4 nitrogen and oxygen atoms in total. The molecule has 0 aromatic heterocycles. The Hall–Kier alpha value is -2.49. The molecule has 0 saturated carbocycles. The van der Waals surface area contributed by atoms with E-state index in [4.69, 9.17) is 9.47 Å². The Bertz CT molecular complexity index is 874. The maximum Gasteiger partial charge on any atom is 0.261 e. The van der Waals surface area contributed by atoms with Gasteiger partial charge in [-0.3, -0.25) is 4.79 Å². The average molecular weight is 380 g/mol. The molecule has 1 amide bonds. The van der Waals surface area contributed by atoms with Crippen LogP contribution in [0.5, 0.6) is 11.5 Å². The van der Waals surface area contributed by atoms with Gasteiger partial charge in [0.05, 0.1) is 6.04 Å². The SMILES string of the molecule is C[C@H](Oc1ccc2c(c1)CCCC2)C(=O)N[C@H]1CC(C)(C)Oc2ccccc21. The summed E-state index contributed by atoms with van der Waals surface area (Å²) in [7, 11) is 0. The van der Waals surface area contributed by atoms with E-state index in [9.17, 15) is 4.79 Å². The Morgan fingerprint density at radius 1 is 1.14 bits per heavy atom. The Morgan fingerprint density at radius 3 is 2.71 bits per heavy atom. The summed E-state index contributed by atoms with van der Waals surface area (Å²) in [6.07, 6.45) is 4.90. The number of carbonyl (C=O) groups is 1. The summed E-state index contributed by atoms with van der Waals surface area (Å²) in [4.78, 5) is 12.8. The Labute approximate surface area is 167 Å². The highest BCUT2D eigenvalue weighted by Crippen LogP contribution is 2.39. The van der Waals surface area contributed by atoms with E-state index < -0.39 is 6.10 Å². The number of amides is 1. The molecule has 0 bridgehead atoms. The Balaban J connectivity index is 1.45. The highest BCUT2D eigenvalue weighted by Gasteiger charge is 2.35. The van der Waals surface area contributed by atoms with Gasteiger partial charge in [0.2, 0.25) is 0 Å². The zero-order chi connectivity index (χ0) is 19.7. The molecule has 28 heavy (non-hydrogen) atoms. The van der Waals surface area contributed by atoms with Gasteiger partial charge in [-0.2, -0.15) is 0 Å². The van der Waals surface area contributed by atoms with Crippen LogP contribution >= 0.6 is 0 Å². The van der Waals surface area contributed by atoms with E-state index in [1.807, 2.05) is 37.3 Å². The minimum absolute atomic E-state index is 0.0815. The second-order valence-electron chi connectivity index (χ2n) is 8.56. The van der Waals surface area contributed by atoms with Crippen LogP contribution in [0.15, 0.2) is 42.5 Å². The Kier molecular flexibility index (Phi) is 5.05. The predicted octanol–water partition coefficient (Wildman–Crippen LogP) is 4.75. The number of carbonyl (C=O) groups excluding carboxylic acids is 1. The van der Waals surface area contributed by atoms with E-state index >= 15 is 0 Å². The minimum Gasteiger partial charge on any atom is -0.487 e. The van der Waals surface area contributed by atoms with E-state index in [0.29, 0.717) is 0 Å². The smallest absolute Gasteiger partial charge is 0.261 e. The van der Waals surface area contributed by atoms with Crippen LogP contribution in [0.4, 0.5) is 0 Å².